The molecule has 1 atom stereocenters. The Bertz CT molecular complexity index is 546. The minimum absolute atomic E-state index is 0.00656. The molecule has 166 valence electrons. The summed E-state index contributed by atoms with van der Waals surface area (Å²) in [6.07, 6.45) is 5.00. The zero-order valence-corrected chi connectivity index (χ0v) is 19.1. The normalized spacial score (nSPS) is 22.6. The van der Waals surface area contributed by atoms with E-state index in [0.717, 1.165) is 83.7 Å². The largest absolute Gasteiger partial charge is 0.357 e. The van der Waals surface area contributed by atoms with Crippen LogP contribution in [-0.4, -0.2) is 108 Å². The highest BCUT2D eigenvalue weighted by atomic mass is 16.2. The Morgan fingerprint density at radius 1 is 1.03 bits per heavy atom. The Balaban J connectivity index is 1.48. The summed E-state index contributed by atoms with van der Waals surface area (Å²) in [6, 6.07) is 1.37. The Morgan fingerprint density at radius 2 is 1.69 bits per heavy atom. The van der Waals surface area contributed by atoms with Gasteiger partial charge in [0.1, 0.15) is 0 Å². The van der Waals surface area contributed by atoms with Gasteiger partial charge in [-0.3, -0.25) is 19.6 Å². The standard InChI is InChI=1S/C22H42N6O/c1-5-23-22(24-10-13-28(18(2)3)20-8-9-20)27-16-14-25(15-17-27)19(4)21(29)26-11-6-7-12-26/h18-20H,5-17H2,1-4H3,(H,23,24). The molecule has 0 aromatic heterocycles. The minimum Gasteiger partial charge on any atom is -0.357 e. The summed E-state index contributed by atoms with van der Waals surface area (Å²) in [6.45, 7) is 17.1. The van der Waals surface area contributed by atoms with Gasteiger partial charge >= 0.3 is 0 Å². The molecule has 7 nitrogen and oxygen atoms in total. The van der Waals surface area contributed by atoms with Crippen molar-refractivity contribution in [2.45, 2.75) is 71.5 Å². The monoisotopic (exact) mass is 406 g/mol. The number of carbonyl (C=O) groups excluding carboxylic acids is 1. The van der Waals surface area contributed by atoms with E-state index in [4.69, 9.17) is 4.99 Å². The number of hydrogen-bond acceptors (Lipinski definition) is 4. The molecule has 2 saturated heterocycles. The van der Waals surface area contributed by atoms with Crippen LogP contribution in [0.3, 0.4) is 0 Å². The predicted molar refractivity (Wildman–Crippen MR) is 119 cm³/mol. The van der Waals surface area contributed by atoms with E-state index >= 15 is 0 Å². The van der Waals surface area contributed by atoms with E-state index in [1.165, 1.54) is 12.8 Å². The van der Waals surface area contributed by atoms with Crippen molar-refractivity contribution in [2.24, 2.45) is 4.99 Å². The molecule has 2 aliphatic heterocycles. The van der Waals surface area contributed by atoms with Crippen molar-refractivity contribution >= 4 is 11.9 Å². The molecule has 3 fully saturated rings. The number of rotatable bonds is 8. The predicted octanol–water partition coefficient (Wildman–Crippen LogP) is 1.45. The maximum atomic E-state index is 12.7. The molecule has 1 aliphatic carbocycles. The van der Waals surface area contributed by atoms with Crippen LogP contribution >= 0.6 is 0 Å². The van der Waals surface area contributed by atoms with E-state index in [0.29, 0.717) is 11.9 Å². The van der Waals surface area contributed by atoms with Crippen LogP contribution in [0.2, 0.25) is 0 Å². The highest BCUT2D eigenvalue weighted by Gasteiger charge is 2.31. The average Bonchev–Trinajstić information content (AvgIpc) is 3.41. The van der Waals surface area contributed by atoms with Gasteiger partial charge in [-0.1, -0.05) is 0 Å². The van der Waals surface area contributed by atoms with Gasteiger partial charge in [0.05, 0.1) is 12.6 Å². The van der Waals surface area contributed by atoms with Gasteiger partial charge in [-0.2, -0.15) is 0 Å². The first-order valence-corrected chi connectivity index (χ1v) is 11.8. The molecule has 1 N–H and O–H groups in total. The quantitative estimate of drug-likeness (QED) is 0.488. The van der Waals surface area contributed by atoms with Gasteiger partial charge in [0, 0.05) is 64.4 Å². The molecule has 0 aromatic rings. The first-order valence-electron chi connectivity index (χ1n) is 11.8. The van der Waals surface area contributed by atoms with E-state index in [1.807, 2.05) is 4.90 Å². The number of hydrogen-bond donors (Lipinski definition) is 1. The van der Waals surface area contributed by atoms with Crippen LogP contribution in [0.25, 0.3) is 0 Å². The lowest BCUT2D eigenvalue weighted by Gasteiger charge is -2.39. The van der Waals surface area contributed by atoms with Crippen molar-refractivity contribution in [3.8, 4) is 0 Å². The van der Waals surface area contributed by atoms with Crippen molar-refractivity contribution in [3.05, 3.63) is 0 Å². The number of likely N-dealkylation sites (tertiary alicyclic amines) is 1. The molecule has 2 heterocycles. The van der Waals surface area contributed by atoms with E-state index in [1.54, 1.807) is 0 Å². The summed E-state index contributed by atoms with van der Waals surface area (Å²) in [5.74, 6) is 1.34. The molecule has 3 aliphatic rings. The number of carbonyl (C=O) groups is 1. The van der Waals surface area contributed by atoms with Gasteiger partial charge in [0.25, 0.3) is 0 Å². The van der Waals surface area contributed by atoms with Crippen LogP contribution in [0.1, 0.15) is 53.4 Å². The Labute approximate surface area is 177 Å². The third-order valence-corrected chi connectivity index (χ3v) is 6.57. The van der Waals surface area contributed by atoms with Crippen LogP contribution in [-0.2, 0) is 4.79 Å². The Hall–Kier alpha value is -1.34. The third-order valence-electron chi connectivity index (χ3n) is 6.57. The van der Waals surface area contributed by atoms with Gasteiger partial charge in [0.2, 0.25) is 5.91 Å². The Kier molecular flexibility index (Phi) is 8.18. The molecule has 0 bridgehead atoms. The number of piperazine rings is 1. The molecular formula is C22H42N6O. The van der Waals surface area contributed by atoms with Crippen molar-refractivity contribution in [1.82, 2.24) is 24.9 Å². The van der Waals surface area contributed by atoms with Crippen LogP contribution in [0.15, 0.2) is 4.99 Å². The Morgan fingerprint density at radius 3 is 2.24 bits per heavy atom. The molecule has 3 rings (SSSR count). The first-order chi connectivity index (χ1) is 14.0. The number of nitrogens with one attached hydrogen (secondary N) is 1. The van der Waals surface area contributed by atoms with E-state index < -0.39 is 0 Å². The second-order valence-corrected chi connectivity index (χ2v) is 9.03. The second-order valence-electron chi connectivity index (χ2n) is 9.03. The number of aliphatic imine (C=N–C) groups is 1. The van der Waals surface area contributed by atoms with Gasteiger partial charge in [-0.25, -0.2) is 0 Å². The summed E-state index contributed by atoms with van der Waals surface area (Å²) in [4.78, 5) is 27.0. The zero-order valence-electron chi connectivity index (χ0n) is 19.1. The van der Waals surface area contributed by atoms with Crippen molar-refractivity contribution in [1.29, 1.82) is 0 Å². The molecule has 0 spiro atoms. The average molecular weight is 407 g/mol. The highest BCUT2D eigenvalue weighted by Crippen LogP contribution is 2.28. The molecule has 1 unspecified atom stereocenters. The van der Waals surface area contributed by atoms with Gasteiger partial charge in [0.15, 0.2) is 5.96 Å². The maximum Gasteiger partial charge on any atom is 0.239 e. The fourth-order valence-corrected chi connectivity index (χ4v) is 4.64. The molecule has 1 amide bonds. The fraction of sp³-hybridized carbons (Fsp3) is 0.909. The topological polar surface area (TPSA) is 54.4 Å². The number of nitrogens with zero attached hydrogens (tertiary/aromatic N) is 5. The number of guanidine groups is 1. The minimum atomic E-state index is -0.00656. The lowest BCUT2D eigenvalue weighted by atomic mass is 10.2. The molecule has 1 saturated carbocycles. The van der Waals surface area contributed by atoms with Crippen molar-refractivity contribution in [2.75, 3.05) is 58.9 Å². The molecule has 0 radical (unpaired) electrons. The van der Waals surface area contributed by atoms with E-state index in [2.05, 4.69) is 47.7 Å². The van der Waals surface area contributed by atoms with Crippen LogP contribution < -0.4 is 5.32 Å². The van der Waals surface area contributed by atoms with E-state index in [-0.39, 0.29) is 6.04 Å². The summed E-state index contributed by atoms with van der Waals surface area (Å²) in [5, 5.41) is 3.48. The third kappa shape index (κ3) is 6.07. The first kappa shape index (κ1) is 22.3. The lowest BCUT2D eigenvalue weighted by Crippen LogP contribution is -2.57. The maximum absolute atomic E-state index is 12.7. The summed E-state index contributed by atoms with van der Waals surface area (Å²) in [5.41, 5.74) is 0. The summed E-state index contributed by atoms with van der Waals surface area (Å²) >= 11 is 0. The second kappa shape index (κ2) is 10.6. The van der Waals surface area contributed by atoms with Crippen molar-refractivity contribution < 1.29 is 4.79 Å². The SMILES string of the molecule is CCNC(=NCCN(C(C)C)C1CC1)N1CCN(C(C)C(=O)N2CCCC2)CC1. The number of amides is 1. The summed E-state index contributed by atoms with van der Waals surface area (Å²) in [7, 11) is 0. The van der Waals surface area contributed by atoms with Crippen LogP contribution in [0.4, 0.5) is 0 Å². The fourth-order valence-electron chi connectivity index (χ4n) is 4.64. The molecule has 7 heteroatoms. The molecule has 0 aromatic carbocycles. The molecular weight excluding hydrogens is 364 g/mol. The highest BCUT2D eigenvalue weighted by molar-refractivity contribution is 5.82. The molecule has 29 heavy (non-hydrogen) atoms. The van der Waals surface area contributed by atoms with Crippen LogP contribution in [0, 0.1) is 0 Å². The van der Waals surface area contributed by atoms with Crippen LogP contribution in [0.5, 0.6) is 0 Å². The summed E-state index contributed by atoms with van der Waals surface area (Å²) < 4.78 is 0. The van der Waals surface area contributed by atoms with Gasteiger partial charge in [-0.05, 0) is 53.4 Å². The van der Waals surface area contributed by atoms with Gasteiger partial charge < -0.3 is 15.1 Å². The van der Waals surface area contributed by atoms with Gasteiger partial charge in [-0.15, -0.1) is 0 Å². The van der Waals surface area contributed by atoms with Crippen molar-refractivity contribution in [3.63, 3.8) is 0 Å². The van der Waals surface area contributed by atoms with E-state index in [9.17, 15) is 4.79 Å². The lowest BCUT2D eigenvalue weighted by molar-refractivity contribution is -0.135. The zero-order chi connectivity index (χ0) is 20.8. The smallest absolute Gasteiger partial charge is 0.239 e.